The monoisotopic (exact) mass is 419 g/mol. The Hall–Kier alpha value is -0.680. The van der Waals surface area contributed by atoms with Crippen LogP contribution in [0.15, 0.2) is 12.2 Å². The van der Waals surface area contributed by atoms with Gasteiger partial charge < -0.3 is 10.3 Å². The first-order chi connectivity index (χ1) is 13.5. The number of carbonyl (C=O) groups is 1. The zero-order chi connectivity index (χ0) is 20.9. The number of phosphoric acid groups is 1. The molecule has 7 heteroatoms. The van der Waals surface area contributed by atoms with Crippen molar-refractivity contribution in [1.82, 2.24) is 0 Å². The first-order valence-electron chi connectivity index (χ1n) is 11.1. The maximum atomic E-state index is 11.6. The third-order valence-electron chi connectivity index (χ3n) is 4.46. The quantitative estimate of drug-likeness (QED) is 0.142. The molecule has 0 aromatic heterocycles. The fraction of sp³-hybridized carbons (Fsp3) is 0.857. The summed E-state index contributed by atoms with van der Waals surface area (Å²) in [5.41, 5.74) is 5.27. The van der Waals surface area contributed by atoms with Crippen LogP contribution in [0.2, 0.25) is 0 Å². The largest absolute Gasteiger partial charge is 0.529 e. The lowest BCUT2D eigenvalue weighted by atomic mass is 10.1. The van der Waals surface area contributed by atoms with E-state index >= 15 is 0 Å². The summed E-state index contributed by atoms with van der Waals surface area (Å²) in [5, 5.41) is 0. The minimum Gasteiger partial charge on any atom is -0.371 e. The molecule has 0 saturated heterocycles. The molecule has 0 aromatic carbocycles. The summed E-state index contributed by atoms with van der Waals surface area (Å²) in [7, 11) is -4.28. The summed E-state index contributed by atoms with van der Waals surface area (Å²) < 4.78 is 20.7. The molecule has 1 atom stereocenters. The summed E-state index contributed by atoms with van der Waals surface area (Å²) in [4.78, 5) is 20.9. The van der Waals surface area contributed by atoms with Crippen LogP contribution >= 0.6 is 7.82 Å². The molecule has 0 radical (unpaired) electrons. The van der Waals surface area contributed by atoms with Crippen molar-refractivity contribution in [1.29, 1.82) is 0 Å². The van der Waals surface area contributed by atoms with E-state index < -0.39 is 13.8 Å². The molecule has 3 N–H and O–H groups in total. The lowest BCUT2D eigenvalue weighted by Gasteiger charge is -2.11. The molecule has 28 heavy (non-hydrogen) atoms. The highest BCUT2D eigenvalue weighted by molar-refractivity contribution is 7.48. The van der Waals surface area contributed by atoms with Crippen LogP contribution in [0.3, 0.4) is 0 Å². The van der Waals surface area contributed by atoms with Crippen molar-refractivity contribution in [2.24, 2.45) is 5.73 Å². The summed E-state index contributed by atoms with van der Waals surface area (Å²) in [6.07, 6.45) is 20.5. The minimum atomic E-state index is -4.28. The molecule has 0 heterocycles. The van der Waals surface area contributed by atoms with Crippen molar-refractivity contribution in [2.75, 3.05) is 13.2 Å². The molecule has 0 spiro atoms. The molecule has 0 aliphatic heterocycles. The van der Waals surface area contributed by atoms with Gasteiger partial charge in [-0.25, -0.2) is 4.57 Å². The van der Waals surface area contributed by atoms with Crippen LogP contribution in [-0.4, -0.2) is 24.0 Å². The molecule has 6 nitrogen and oxygen atoms in total. The highest BCUT2D eigenvalue weighted by atomic mass is 31.2. The second kappa shape index (κ2) is 19.6. The Kier molecular flexibility index (Phi) is 19.2. The predicted octanol–water partition coefficient (Wildman–Crippen LogP) is 6.03. The fourth-order valence-electron chi connectivity index (χ4n) is 2.80. The molecule has 166 valence electrons. The van der Waals surface area contributed by atoms with E-state index in [1.807, 2.05) is 0 Å². The molecule has 0 aromatic rings. The maximum Gasteiger partial charge on any atom is 0.529 e. The zero-order valence-corrected chi connectivity index (χ0v) is 18.7. The predicted molar refractivity (Wildman–Crippen MR) is 115 cm³/mol. The van der Waals surface area contributed by atoms with Gasteiger partial charge >= 0.3 is 13.8 Å². The Morgan fingerprint density at radius 1 is 0.893 bits per heavy atom. The van der Waals surface area contributed by atoms with Crippen molar-refractivity contribution in [3.8, 4) is 0 Å². The molecule has 0 fully saturated rings. The van der Waals surface area contributed by atoms with Gasteiger partial charge in [0.1, 0.15) is 0 Å². The van der Waals surface area contributed by atoms with E-state index in [0.29, 0.717) is 19.4 Å². The Morgan fingerprint density at radius 3 is 2.00 bits per heavy atom. The SMILES string of the molecule is CCCCCCCC/C=C\CCCCCCCC(=O)OP(=O)(O)OCCCN. The van der Waals surface area contributed by atoms with Gasteiger partial charge in [0.05, 0.1) is 6.61 Å². The fourth-order valence-corrected chi connectivity index (χ4v) is 3.57. The van der Waals surface area contributed by atoms with Crippen molar-refractivity contribution < 1.29 is 23.3 Å². The topological polar surface area (TPSA) is 98.9 Å². The van der Waals surface area contributed by atoms with E-state index in [9.17, 15) is 14.3 Å². The third-order valence-corrected chi connectivity index (χ3v) is 5.41. The molecule has 0 amide bonds. The van der Waals surface area contributed by atoms with Gasteiger partial charge in [-0.3, -0.25) is 14.2 Å². The number of carbonyl (C=O) groups excluding carboxylic acids is 1. The molecule has 0 aliphatic rings. The maximum absolute atomic E-state index is 11.6. The molecule has 0 saturated carbocycles. The van der Waals surface area contributed by atoms with Gasteiger partial charge in [0.25, 0.3) is 0 Å². The number of rotatable bonds is 20. The van der Waals surface area contributed by atoms with Crippen molar-refractivity contribution >= 4 is 13.8 Å². The van der Waals surface area contributed by atoms with E-state index in [0.717, 1.165) is 32.1 Å². The van der Waals surface area contributed by atoms with Crippen molar-refractivity contribution in [3.05, 3.63) is 12.2 Å². The molecule has 0 rings (SSSR count). The molecular formula is C21H42NO5P. The second-order valence-electron chi connectivity index (χ2n) is 7.24. The van der Waals surface area contributed by atoms with Crippen molar-refractivity contribution in [3.63, 3.8) is 0 Å². The number of unbranched alkanes of at least 4 members (excludes halogenated alkanes) is 11. The van der Waals surface area contributed by atoms with Gasteiger partial charge in [-0.2, -0.15) is 0 Å². The smallest absolute Gasteiger partial charge is 0.371 e. The van der Waals surface area contributed by atoms with E-state index in [1.165, 1.54) is 44.9 Å². The molecule has 0 aliphatic carbocycles. The second-order valence-corrected chi connectivity index (χ2v) is 8.62. The Labute approximate surface area is 171 Å². The lowest BCUT2D eigenvalue weighted by Crippen LogP contribution is -2.07. The van der Waals surface area contributed by atoms with Gasteiger partial charge in [0.2, 0.25) is 0 Å². The van der Waals surface area contributed by atoms with Gasteiger partial charge in [0.15, 0.2) is 0 Å². The standard InChI is InChI=1S/C21H42NO5P/c1-2-3-4-5-6-7-8-9-10-11-12-13-14-15-16-18-21(23)27-28(24,25)26-20-17-19-22/h9-10H,2-8,11-20,22H2,1H3,(H,24,25)/b10-9-. The van der Waals surface area contributed by atoms with E-state index in [1.54, 1.807) is 0 Å². The number of hydrogen-bond acceptors (Lipinski definition) is 5. The Balaban J connectivity index is 3.43. The van der Waals surface area contributed by atoms with Gasteiger partial charge in [0, 0.05) is 6.42 Å². The van der Waals surface area contributed by atoms with Crippen LogP contribution < -0.4 is 5.73 Å². The highest BCUT2D eigenvalue weighted by Crippen LogP contribution is 2.43. The van der Waals surface area contributed by atoms with E-state index in [-0.39, 0.29) is 13.0 Å². The number of nitrogens with two attached hydrogens (primary N) is 1. The van der Waals surface area contributed by atoms with Crippen LogP contribution in [0, 0.1) is 0 Å². The summed E-state index contributed by atoms with van der Waals surface area (Å²) in [6, 6.07) is 0. The molecule has 1 unspecified atom stereocenters. The first-order valence-corrected chi connectivity index (χ1v) is 12.6. The third kappa shape index (κ3) is 20.1. The first kappa shape index (κ1) is 27.3. The summed E-state index contributed by atoms with van der Waals surface area (Å²) in [5.74, 6) is -0.684. The van der Waals surface area contributed by atoms with Crippen LogP contribution in [-0.2, 0) is 18.4 Å². The zero-order valence-electron chi connectivity index (χ0n) is 17.8. The highest BCUT2D eigenvalue weighted by Gasteiger charge is 2.25. The number of phosphoric ester groups is 1. The average Bonchev–Trinajstić information content (AvgIpc) is 2.64. The number of hydrogen-bond donors (Lipinski definition) is 2. The average molecular weight is 420 g/mol. The minimum absolute atomic E-state index is 0.00492. The van der Waals surface area contributed by atoms with Crippen molar-refractivity contribution in [2.45, 2.75) is 103 Å². The van der Waals surface area contributed by atoms with E-state index in [4.69, 9.17) is 5.73 Å². The van der Waals surface area contributed by atoms with Crippen LogP contribution in [0.4, 0.5) is 0 Å². The number of allylic oxidation sites excluding steroid dienone is 2. The Bertz CT molecular complexity index is 443. The van der Waals surface area contributed by atoms with E-state index in [2.05, 4.69) is 28.1 Å². The summed E-state index contributed by atoms with van der Waals surface area (Å²) >= 11 is 0. The van der Waals surface area contributed by atoms with Gasteiger partial charge in [-0.1, -0.05) is 70.4 Å². The van der Waals surface area contributed by atoms with Gasteiger partial charge in [-0.15, -0.1) is 0 Å². The summed E-state index contributed by atoms with van der Waals surface area (Å²) in [6.45, 7) is 2.60. The Morgan fingerprint density at radius 2 is 1.43 bits per heavy atom. The molecule has 0 bridgehead atoms. The molecular weight excluding hydrogens is 377 g/mol. The normalized spacial score (nSPS) is 13.7. The van der Waals surface area contributed by atoms with Crippen LogP contribution in [0.1, 0.15) is 103 Å². The van der Waals surface area contributed by atoms with Crippen LogP contribution in [0.25, 0.3) is 0 Å². The van der Waals surface area contributed by atoms with Crippen LogP contribution in [0.5, 0.6) is 0 Å². The van der Waals surface area contributed by atoms with Gasteiger partial charge in [-0.05, 0) is 45.1 Å². The lowest BCUT2D eigenvalue weighted by molar-refractivity contribution is -0.136.